The molecule has 0 saturated carbocycles. The lowest BCUT2D eigenvalue weighted by Gasteiger charge is -2.24. The summed E-state index contributed by atoms with van der Waals surface area (Å²) in [6, 6.07) is 2.22. The molecule has 0 bridgehead atoms. The number of benzene rings is 1. The van der Waals surface area contributed by atoms with Crippen LogP contribution in [0, 0.1) is 11.6 Å². The number of nitrogens with zero attached hydrogens (tertiary/aromatic N) is 1. The molecular formula is C16H21BrF2N2O2. The van der Waals surface area contributed by atoms with Crippen molar-refractivity contribution in [3.8, 4) is 0 Å². The number of hydrogen-bond acceptors (Lipinski definition) is 3. The zero-order chi connectivity index (χ0) is 17.2. The maximum Gasteiger partial charge on any atom is 0.410 e. The number of likely N-dealkylation sites (tertiary alicyclic amines) is 1. The molecule has 1 amide bonds. The standard InChI is InChI=1S/C16H21BrF2N2O2/c1-16(2,3)23-15(22)21-7-6-10(9-21)20-8-11-12(18)4-5-13(19)14(11)17/h4-5,10,20H,6-9H2,1-3H3. The molecule has 0 aromatic heterocycles. The van der Waals surface area contributed by atoms with Crippen LogP contribution in [-0.2, 0) is 11.3 Å². The topological polar surface area (TPSA) is 41.6 Å². The minimum Gasteiger partial charge on any atom is -0.444 e. The van der Waals surface area contributed by atoms with Gasteiger partial charge < -0.3 is 15.0 Å². The quantitative estimate of drug-likeness (QED) is 0.797. The van der Waals surface area contributed by atoms with Gasteiger partial charge in [0.1, 0.15) is 17.2 Å². The maximum absolute atomic E-state index is 13.8. The zero-order valence-corrected chi connectivity index (χ0v) is 15.0. The normalized spacial score (nSPS) is 18.3. The van der Waals surface area contributed by atoms with Crippen molar-refractivity contribution in [2.24, 2.45) is 0 Å². The molecular weight excluding hydrogens is 370 g/mol. The smallest absolute Gasteiger partial charge is 0.410 e. The number of halogens is 3. The van der Waals surface area contributed by atoms with E-state index in [9.17, 15) is 13.6 Å². The van der Waals surface area contributed by atoms with Gasteiger partial charge >= 0.3 is 6.09 Å². The van der Waals surface area contributed by atoms with E-state index in [-0.39, 0.29) is 28.7 Å². The van der Waals surface area contributed by atoms with Gasteiger partial charge in [-0.15, -0.1) is 0 Å². The van der Waals surface area contributed by atoms with Gasteiger partial charge in [-0.1, -0.05) is 0 Å². The third kappa shape index (κ3) is 4.88. The minimum absolute atomic E-state index is 0.0251. The zero-order valence-electron chi connectivity index (χ0n) is 13.5. The highest BCUT2D eigenvalue weighted by Crippen LogP contribution is 2.24. The molecule has 4 nitrogen and oxygen atoms in total. The van der Waals surface area contributed by atoms with Crippen molar-refractivity contribution in [2.45, 2.75) is 45.4 Å². The number of carbonyl (C=O) groups is 1. The number of ether oxygens (including phenoxy) is 1. The molecule has 1 aliphatic rings. The SMILES string of the molecule is CC(C)(C)OC(=O)N1CCC(NCc2c(F)ccc(F)c2Br)C1. The first-order valence-corrected chi connectivity index (χ1v) is 8.30. The summed E-state index contributed by atoms with van der Waals surface area (Å²) in [5, 5.41) is 3.17. The van der Waals surface area contributed by atoms with E-state index in [0.717, 1.165) is 18.6 Å². The Morgan fingerprint density at radius 2 is 2.04 bits per heavy atom. The molecule has 23 heavy (non-hydrogen) atoms. The predicted octanol–water partition coefficient (Wildman–Crippen LogP) is 3.83. The van der Waals surface area contributed by atoms with Crippen LogP contribution in [0.3, 0.4) is 0 Å². The Hall–Kier alpha value is -1.21. The van der Waals surface area contributed by atoms with E-state index >= 15 is 0 Å². The summed E-state index contributed by atoms with van der Waals surface area (Å²) in [4.78, 5) is 13.6. The highest BCUT2D eigenvalue weighted by atomic mass is 79.9. The first kappa shape index (κ1) is 18.1. The van der Waals surface area contributed by atoms with Gasteiger partial charge in [-0.2, -0.15) is 0 Å². The van der Waals surface area contributed by atoms with Crippen molar-refractivity contribution in [3.63, 3.8) is 0 Å². The summed E-state index contributed by atoms with van der Waals surface area (Å²) < 4.78 is 32.7. The molecule has 1 aromatic carbocycles. The number of amides is 1. The van der Waals surface area contributed by atoms with Crippen LogP contribution >= 0.6 is 15.9 Å². The van der Waals surface area contributed by atoms with Gasteiger partial charge in [0.25, 0.3) is 0 Å². The highest BCUT2D eigenvalue weighted by Gasteiger charge is 2.29. The van der Waals surface area contributed by atoms with Crippen LogP contribution in [0.2, 0.25) is 0 Å². The second kappa shape index (κ2) is 7.13. The molecule has 1 aromatic rings. The molecule has 0 radical (unpaired) electrons. The lowest BCUT2D eigenvalue weighted by Crippen LogP contribution is -2.38. The Balaban J connectivity index is 1.90. The largest absolute Gasteiger partial charge is 0.444 e. The Bertz CT molecular complexity index is 590. The summed E-state index contributed by atoms with van der Waals surface area (Å²) in [5.41, 5.74) is -0.279. The van der Waals surface area contributed by atoms with E-state index in [4.69, 9.17) is 4.74 Å². The van der Waals surface area contributed by atoms with Crippen molar-refractivity contribution in [1.82, 2.24) is 10.2 Å². The lowest BCUT2D eigenvalue weighted by atomic mass is 10.2. The van der Waals surface area contributed by atoms with E-state index in [1.807, 2.05) is 20.8 Å². The van der Waals surface area contributed by atoms with E-state index in [2.05, 4.69) is 21.2 Å². The summed E-state index contributed by atoms with van der Waals surface area (Å²) in [7, 11) is 0. The molecule has 1 unspecified atom stereocenters. The predicted molar refractivity (Wildman–Crippen MR) is 87.1 cm³/mol. The van der Waals surface area contributed by atoms with E-state index in [1.165, 1.54) is 0 Å². The molecule has 7 heteroatoms. The van der Waals surface area contributed by atoms with Crippen LogP contribution in [0.4, 0.5) is 13.6 Å². The molecule has 1 N–H and O–H groups in total. The van der Waals surface area contributed by atoms with Crippen molar-refractivity contribution in [2.75, 3.05) is 13.1 Å². The molecule has 0 aliphatic carbocycles. The maximum atomic E-state index is 13.8. The summed E-state index contributed by atoms with van der Waals surface area (Å²) in [6.45, 7) is 6.72. The van der Waals surface area contributed by atoms with Gasteiger partial charge in [0.15, 0.2) is 0 Å². The fourth-order valence-corrected chi connectivity index (χ4v) is 2.86. The molecule has 128 valence electrons. The number of rotatable bonds is 3. The van der Waals surface area contributed by atoms with Crippen LogP contribution in [-0.4, -0.2) is 35.7 Å². The van der Waals surface area contributed by atoms with Crippen molar-refractivity contribution >= 4 is 22.0 Å². The third-order valence-electron chi connectivity index (χ3n) is 3.55. The summed E-state index contributed by atoms with van der Waals surface area (Å²) >= 11 is 3.07. The molecule has 1 saturated heterocycles. The van der Waals surface area contributed by atoms with E-state index < -0.39 is 17.2 Å². The molecule has 2 rings (SSSR count). The van der Waals surface area contributed by atoms with Gasteiger partial charge in [-0.25, -0.2) is 13.6 Å². The fraction of sp³-hybridized carbons (Fsp3) is 0.562. The number of nitrogens with one attached hydrogen (secondary N) is 1. The fourth-order valence-electron chi connectivity index (χ4n) is 2.40. The molecule has 1 fully saturated rings. The number of carbonyl (C=O) groups excluding carboxylic acids is 1. The van der Waals surface area contributed by atoms with Gasteiger partial charge in [-0.3, -0.25) is 0 Å². The van der Waals surface area contributed by atoms with Crippen molar-refractivity contribution in [3.05, 3.63) is 33.8 Å². The first-order chi connectivity index (χ1) is 10.7. The van der Waals surface area contributed by atoms with Crippen LogP contribution in [0.25, 0.3) is 0 Å². The van der Waals surface area contributed by atoms with Gasteiger partial charge in [0, 0.05) is 31.2 Å². The van der Waals surface area contributed by atoms with Gasteiger partial charge in [0.05, 0.1) is 4.47 Å². The molecule has 1 aliphatic heterocycles. The van der Waals surface area contributed by atoms with Crippen molar-refractivity contribution in [1.29, 1.82) is 0 Å². The van der Waals surface area contributed by atoms with Crippen molar-refractivity contribution < 1.29 is 18.3 Å². The van der Waals surface area contributed by atoms with E-state index in [0.29, 0.717) is 13.1 Å². The van der Waals surface area contributed by atoms with Gasteiger partial charge in [-0.05, 0) is 55.3 Å². The Kier molecular flexibility index (Phi) is 5.62. The Morgan fingerprint density at radius 3 is 2.70 bits per heavy atom. The summed E-state index contributed by atoms with van der Waals surface area (Å²) in [5.74, 6) is -0.960. The molecule has 1 atom stereocenters. The number of hydrogen-bond donors (Lipinski definition) is 1. The first-order valence-electron chi connectivity index (χ1n) is 7.51. The Morgan fingerprint density at radius 1 is 1.39 bits per heavy atom. The van der Waals surface area contributed by atoms with Gasteiger partial charge in [0.2, 0.25) is 0 Å². The summed E-state index contributed by atoms with van der Waals surface area (Å²) in [6.07, 6.45) is 0.397. The Labute approximate surface area is 143 Å². The second-order valence-corrected chi connectivity index (χ2v) is 7.41. The average molecular weight is 391 g/mol. The average Bonchev–Trinajstić information content (AvgIpc) is 2.90. The highest BCUT2D eigenvalue weighted by molar-refractivity contribution is 9.10. The monoisotopic (exact) mass is 390 g/mol. The van der Waals surface area contributed by atoms with Crippen LogP contribution < -0.4 is 5.32 Å². The second-order valence-electron chi connectivity index (χ2n) is 6.61. The third-order valence-corrected chi connectivity index (χ3v) is 4.40. The van der Waals surface area contributed by atoms with Crippen LogP contribution in [0.15, 0.2) is 16.6 Å². The molecule has 1 heterocycles. The minimum atomic E-state index is -0.530. The van der Waals surface area contributed by atoms with Crippen LogP contribution in [0.5, 0.6) is 0 Å². The van der Waals surface area contributed by atoms with E-state index in [1.54, 1.807) is 4.90 Å². The molecule has 0 spiro atoms. The lowest BCUT2D eigenvalue weighted by molar-refractivity contribution is 0.0291. The van der Waals surface area contributed by atoms with Crippen LogP contribution in [0.1, 0.15) is 32.8 Å².